The Kier molecular flexibility index (Phi) is 5.32. The van der Waals surface area contributed by atoms with Gasteiger partial charge in [0.15, 0.2) is 0 Å². The van der Waals surface area contributed by atoms with Crippen LogP contribution in [-0.4, -0.2) is 20.0 Å². The summed E-state index contributed by atoms with van der Waals surface area (Å²) in [5.41, 5.74) is 1.73. The SMILES string of the molecule is CCCCCn1c(NC2C[C@@H]3CC[C@H]2C3)cc(=O)n2cc(-c3ccc(Cl)cc3)nc12. The topological polar surface area (TPSA) is 51.3 Å². The zero-order valence-corrected chi connectivity index (χ0v) is 18.2. The molecule has 2 bridgehead atoms. The average molecular weight is 425 g/mol. The number of hydrogen-bond acceptors (Lipinski definition) is 3. The van der Waals surface area contributed by atoms with Gasteiger partial charge in [0, 0.05) is 35.4 Å². The summed E-state index contributed by atoms with van der Waals surface area (Å²) < 4.78 is 3.89. The molecule has 1 N–H and O–H groups in total. The quantitative estimate of drug-likeness (QED) is 0.501. The van der Waals surface area contributed by atoms with Crippen LogP contribution in [0.1, 0.15) is 51.9 Å². The largest absolute Gasteiger partial charge is 0.368 e. The molecule has 0 radical (unpaired) electrons. The Morgan fingerprint density at radius 2 is 2.00 bits per heavy atom. The van der Waals surface area contributed by atoms with Crippen molar-refractivity contribution in [1.29, 1.82) is 0 Å². The molecule has 0 aliphatic heterocycles. The minimum absolute atomic E-state index is 0.0323. The highest BCUT2D eigenvalue weighted by atomic mass is 35.5. The zero-order chi connectivity index (χ0) is 20.7. The fraction of sp³-hybridized carbons (Fsp3) is 0.500. The molecule has 0 saturated heterocycles. The first-order valence-corrected chi connectivity index (χ1v) is 11.7. The molecule has 6 heteroatoms. The molecule has 1 aromatic carbocycles. The van der Waals surface area contributed by atoms with Gasteiger partial charge >= 0.3 is 0 Å². The van der Waals surface area contributed by atoms with Gasteiger partial charge in [0.2, 0.25) is 5.78 Å². The minimum Gasteiger partial charge on any atom is -0.368 e. The minimum atomic E-state index is -0.0323. The summed E-state index contributed by atoms with van der Waals surface area (Å²) in [6.07, 6.45) is 10.5. The predicted octanol–water partition coefficient (Wildman–Crippen LogP) is 5.61. The lowest BCUT2D eigenvalue weighted by molar-refractivity contribution is 0.436. The first-order valence-electron chi connectivity index (χ1n) is 11.3. The molecule has 2 saturated carbocycles. The lowest BCUT2D eigenvalue weighted by atomic mass is 9.95. The molecule has 30 heavy (non-hydrogen) atoms. The molecule has 2 aliphatic carbocycles. The molecular formula is C24H29ClN4O. The van der Waals surface area contributed by atoms with E-state index in [2.05, 4.69) is 16.8 Å². The molecule has 2 fully saturated rings. The van der Waals surface area contributed by atoms with Crippen molar-refractivity contribution in [3.8, 4) is 11.3 Å². The number of fused-ring (bicyclic) bond motifs is 3. The number of benzene rings is 1. The lowest BCUT2D eigenvalue weighted by Crippen LogP contribution is -2.30. The molecule has 3 atom stereocenters. The second kappa shape index (κ2) is 8.10. The van der Waals surface area contributed by atoms with Crippen LogP contribution in [0.15, 0.2) is 41.3 Å². The van der Waals surface area contributed by atoms with Crippen LogP contribution in [0.5, 0.6) is 0 Å². The van der Waals surface area contributed by atoms with E-state index in [1.165, 1.54) is 25.7 Å². The second-order valence-electron chi connectivity index (χ2n) is 8.96. The molecule has 5 rings (SSSR count). The Hall–Kier alpha value is -2.27. The number of unbranched alkanes of at least 4 members (excludes halogenated alkanes) is 2. The summed E-state index contributed by atoms with van der Waals surface area (Å²) >= 11 is 6.04. The Balaban J connectivity index is 1.55. The van der Waals surface area contributed by atoms with Crippen molar-refractivity contribution >= 4 is 23.2 Å². The van der Waals surface area contributed by atoms with Crippen molar-refractivity contribution in [3.63, 3.8) is 0 Å². The van der Waals surface area contributed by atoms with Gasteiger partial charge in [-0.2, -0.15) is 0 Å². The van der Waals surface area contributed by atoms with Crippen LogP contribution in [0.2, 0.25) is 5.02 Å². The summed E-state index contributed by atoms with van der Waals surface area (Å²) in [6, 6.07) is 9.86. The fourth-order valence-electron chi connectivity index (χ4n) is 5.33. The first kappa shape index (κ1) is 19.7. The number of hydrogen-bond donors (Lipinski definition) is 1. The normalized spacial score (nSPS) is 22.8. The summed E-state index contributed by atoms with van der Waals surface area (Å²) in [4.78, 5) is 17.8. The third kappa shape index (κ3) is 3.64. The highest BCUT2D eigenvalue weighted by Gasteiger charge is 2.39. The Labute approximate surface area is 182 Å². The second-order valence-corrected chi connectivity index (χ2v) is 9.39. The zero-order valence-electron chi connectivity index (χ0n) is 17.5. The number of anilines is 1. The van der Waals surface area contributed by atoms with E-state index in [1.807, 2.05) is 30.5 Å². The van der Waals surface area contributed by atoms with E-state index in [9.17, 15) is 4.79 Å². The Bertz CT molecular complexity index is 1100. The van der Waals surface area contributed by atoms with Crippen LogP contribution in [0, 0.1) is 11.8 Å². The van der Waals surface area contributed by atoms with Crippen LogP contribution in [0.25, 0.3) is 17.0 Å². The molecule has 1 unspecified atom stereocenters. The van der Waals surface area contributed by atoms with Crippen LogP contribution in [0.3, 0.4) is 0 Å². The van der Waals surface area contributed by atoms with Crippen LogP contribution >= 0.6 is 11.6 Å². The molecule has 0 amide bonds. The maximum atomic E-state index is 13.0. The van der Waals surface area contributed by atoms with Gasteiger partial charge in [0.25, 0.3) is 5.56 Å². The van der Waals surface area contributed by atoms with Crippen molar-refractivity contribution in [2.24, 2.45) is 11.8 Å². The van der Waals surface area contributed by atoms with E-state index in [-0.39, 0.29) is 5.56 Å². The van der Waals surface area contributed by atoms with Gasteiger partial charge < -0.3 is 5.32 Å². The van der Waals surface area contributed by atoms with E-state index in [0.29, 0.717) is 16.8 Å². The molecule has 0 spiro atoms. The molecule has 2 heterocycles. The summed E-state index contributed by atoms with van der Waals surface area (Å²) in [5, 5.41) is 4.44. The van der Waals surface area contributed by atoms with Crippen LogP contribution in [0.4, 0.5) is 5.82 Å². The lowest BCUT2D eigenvalue weighted by Gasteiger charge is -2.26. The van der Waals surface area contributed by atoms with Gasteiger partial charge in [-0.3, -0.25) is 13.8 Å². The van der Waals surface area contributed by atoms with Gasteiger partial charge in [-0.15, -0.1) is 0 Å². The summed E-state index contributed by atoms with van der Waals surface area (Å²) in [5.74, 6) is 3.25. The molecule has 3 aromatic rings. The number of aryl methyl sites for hydroxylation is 1. The standard InChI is InChI=1S/C24H29ClN4O/c1-2-3-4-11-28-22(26-20-13-16-5-6-18(20)12-16)14-23(30)29-15-21(27-24(28)29)17-7-9-19(25)10-8-17/h7-10,14-16,18,20,26H,2-6,11-13H2,1H3/t16-,18+,20?/m1/s1. The monoisotopic (exact) mass is 424 g/mol. The van der Waals surface area contributed by atoms with Gasteiger partial charge in [-0.1, -0.05) is 49.9 Å². The highest BCUT2D eigenvalue weighted by molar-refractivity contribution is 6.30. The summed E-state index contributed by atoms with van der Waals surface area (Å²) in [7, 11) is 0. The predicted molar refractivity (Wildman–Crippen MR) is 122 cm³/mol. The van der Waals surface area contributed by atoms with Gasteiger partial charge in [-0.05, 0) is 49.7 Å². The molecular weight excluding hydrogens is 396 g/mol. The number of halogens is 1. The van der Waals surface area contributed by atoms with Crippen molar-refractivity contribution in [1.82, 2.24) is 14.0 Å². The molecule has 2 aliphatic rings. The molecule has 5 nitrogen and oxygen atoms in total. The van der Waals surface area contributed by atoms with E-state index < -0.39 is 0 Å². The van der Waals surface area contributed by atoms with Gasteiger partial charge in [-0.25, -0.2) is 4.98 Å². The first-order chi connectivity index (χ1) is 14.6. The number of nitrogens with one attached hydrogen (secondary N) is 1. The van der Waals surface area contributed by atoms with Crippen molar-refractivity contribution in [2.45, 2.75) is 64.5 Å². The van der Waals surface area contributed by atoms with E-state index in [1.54, 1.807) is 10.5 Å². The van der Waals surface area contributed by atoms with Crippen molar-refractivity contribution < 1.29 is 0 Å². The number of rotatable bonds is 7. The third-order valence-electron chi connectivity index (χ3n) is 6.91. The molecule has 158 valence electrons. The van der Waals surface area contributed by atoms with Crippen LogP contribution in [-0.2, 0) is 6.54 Å². The van der Waals surface area contributed by atoms with Gasteiger partial charge in [0.1, 0.15) is 5.82 Å². The van der Waals surface area contributed by atoms with Crippen molar-refractivity contribution in [3.05, 3.63) is 51.9 Å². The van der Waals surface area contributed by atoms with E-state index in [0.717, 1.165) is 54.7 Å². The highest BCUT2D eigenvalue weighted by Crippen LogP contribution is 2.45. The Morgan fingerprint density at radius 1 is 1.17 bits per heavy atom. The number of aromatic nitrogens is 3. The fourth-order valence-corrected chi connectivity index (χ4v) is 5.45. The average Bonchev–Trinajstić information content (AvgIpc) is 3.47. The molecule has 2 aromatic heterocycles. The summed E-state index contributed by atoms with van der Waals surface area (Å²) in [6.45, 7) is 3.07. The Morgan fingerprint density at radius 3 is 2.70 bits per heavy atom. The number of nitrogens with zero attached hydrogens (tertiary/aromatic N) is 3. The van der Waals surface area contributed by atoms with Crippen molar-refractivity contribution in [2.75, 3.05) is 5.32 Å². The van der Waals surface area contributed by atoms with E-state index >= 15 is 0 Å². The van der Waals surface area contributed by atoms with Gasteiger partial charge in [0.05, 0.1) is 5.69 Å². The number of imidazole rings is 1. The maximum absolute atomic E-state index is 13.0. The van der Waals surface area contributed by atoms with E-state index in [4.69, 9.17) is 16.6 Å². The third-order valence-corrected chi connectivity index (χ3v) is 7.17. The maximum Gasteiger partial charge on any atom is 0.261 e. The van der Waals surface area contributed by atoms with Crippen LogP contribution < -0.4 is 10.9 Å². The smallest absolute Gasteiger partial charge is 0.261 e.